The van der Waals surface area contributed by atoms with Crippen LogP contribution in [0.3, 0.4) is 0 Å². The highest BCUT2D eigenvalue weighted by atomic mass is 16.7. The van der Waals surface area contributed by atoms with E-state index < -0.39 is 42.3 Å². The van der Waals surface area contributed by atoms with Crippen LogP contribution in [0.5, 0.6) is 5.75 Å². The first kappa shape index (κ1) is 16.4. The van der Waals surface area contributed by atoms with Crippen molar-refractivity contribution in [2.24, 2.45) is 0 Å². The summed E-state index contributed by atoms with van der Waals surface area (Å²) in [4.78, 5) is 22.3. The minimum Gasteiger partial charge on any atom is -0.479 e. The summed E-state index contributed by atoms with van der Waals surface area (Å²) in [7, 11) is 0. The molecule has 0 radical (unpaired) electrons. The van der Waals surface area contributed by atoms with E-state index in [2.05, 4.69) is 0 Å². The standard InChI is InChI=1S/C15H14O9/c16-9-4-2-6-1-3-7(5-8(6)23-9)22-15-12(19)10(17)11(18)13(24-15)14(20)21/h1-5,10-13,15,17-19H,(H,20,21)/t10-,11-,12+,13-,15-/m0/s1. The van der Waals surface area contributed by atoms with Crippen LogP contribution in [-0.4, -0.2) is 57.1 Å². The number of ether oxygens (including phenoxy) is 2. The Hall–Kier alpha value is -2.46. The zero-order chi connectivity index (χ0) is 17.4. The second-order valence-corrected chi connectivity index (χ2v) is 5.31. The molecule has 0 spiro atoms. The second-order valence-electron chi connectivity index (χ2n) is 5.31. The molecule has 0 unspecified atom stereocenters. The first-order valence-electron chi connectivity index (χ1n) is 7.00. The smallest absolute Gasteiger partial charge is 0.336 e. The van der Waals surface area contributed by atoms with E-state index in [0.29, 0.717) is 5.39 Å². The molecule has 4 N–H and O–H groups in total. The Balaban J connectivity index is 1.86. The molecule has 1 aromatic carbocycles. The molecule has 2 aromatic rings. The van der Waals surface area contributed by atoms with Gasteiger partial charge in [0, 0.05) is 17.5 Å². The van der Waals surface area contributed by atoms with Crippen molar-refractivity contribution in [3.63, 3.8) is 0 Å². The summed E-state index contributed by atoms with van der Waals surface area (Å²) in [5, 5.41) is 38.9. The number of fused-ring (bicyclic) bond motifs is 1. The lowest BCUT2D eigenvalue weighted by Gasteiger charge is -2.38. The van der Waals surface area contributed by atoms with Crippen LogP contribution >= 0.6 is 0 Å². The van der Waals surface area contributed by atoms with E-state index >= 15 is 0 Å². The summed E-state index contributed by atoms with van der Waals surface area (Å²) >= 11 is 0. The van der Waals surface area contributed by atoms with Crippen molar-refractivity contribution >= 4 is 16.9 Å². The molecule has 9 heteroatoms. The fourth-order valence-corrected chi connectivity index (χ4v) is 2.40. The van der Waals surface area contributed by atoms with Gasteiger partial charge in [-0.25, -0.2) is 9.59 Å². The van der Waals surface area contributed by atoms with E-state index in [4.69, 9.17) is 19.0 Å². The lowest BCUT2D eigenvalue weighted by atomic mass is 9.99. The van der Waals surface area contributed by atoms with E-state index in [1.807, 2.05) is 0 Å². The van der Waals surface area contributed by atoms with Crippen molar-refractivity contribution in [1.29, 1.82) is 0 Å². The maximum Gasteiger partial charge on any atom is 0.336 e. The number of hydrogen-bond acceptors (Lipinski definition) is 8. The minimum absolute atomic E-state index is 0.119. The van der Waals surface area contributed by atoms with E-state index in [0.717, 1.165) is 0 Å². The fourth-order valence-electron chi connectivity index (χ4n) is 2.40. The van der Waals surface area contributed by atoms with Gasteiger partial charge in [-0.15, -0.1) is 0 Å². The van der Waals surface area contributed by atoms with Gasteiger partial charge in [-0.05, 0) is 18.2 Å². The van der Waals surface area contributed by atoms with E-state index in [1.54, 1.807) is 12.1 Å². The predicted octanol–water partition coefficient (Wildman–Crippen LogP) is -0.936. The molecule has 1 saturated heterocycles. The number of carboxylic acids is 1. The summed E-state index contributed by atoms with van der Waals surface area (Å²) in [6, 6.07) is 7.25. The minimum atomic E-state index is -1.80. The van der Waals surface area contributed by atoms with Gasteiger partial charge < -0.3 is 34.3 Å². The summed E-state index contributed by atoms with van der Waals surface area (Å²) < 4.78 is 15.3. The van der Waals surface area contributed by atoms with Crippen LogP contribution in [0.15, 0.2) is 39.5 Å². The summed E-state index contributed by atoms with van der Waals surface area (Å²) in [5.74, 6) is -1.39. The molecule has 1 aliphatic rings. The van der Waals surface area contributed by atoms with Gasteiger partial charge >= 0.3 is 11.6 Å². The number of aliphatic hydroxyl groups excluding tert-OH is 3. The highest BCUT2D eigenvalue weighted by Gasteiger charge is 2.48. The van der Waals surface area contributed by atoms with Crippen molar-refractivity contribution in [2.75, 3.05) is 0 Å². The van der Waals surface area contributed by atoms with Gasteiger partial charge in [0.05, 0.1) is 0 Å². The predicted molar refractivity (Wildman–Crippen MR) is 77.4 cm³/mol. The molecule has 2 heterocycles. The Bertz CT molecular complexity index is 814. The second kappa shape index (κ2) is 6.21. The molecule has 3 rings (SSSR count). The summed E-state index contributed by atoms with van der Waals surface area (Å²) in [6.45, 7) is 0. The van der Waals surface area contributed by atoms with Crippen LogP contribution in [0, 0.1) is 0 Å². The molecule has 0 saturated carbocycles. The average molecular weight is 338 g/mol. The normalized spacial score (nSPS) is 30.2. The molecule has 5 atom stereocenters. The van der Waals surface area contributed by atoms with Crippen LogP contribution < -0.4 is 10.4 Å². The number of aliphatic carboxylic acids is 1. The number of benzene rings is 1. The zero-order valence-electron chi connectivity index (χ0n) is 12.1. The maximum absolute atomic E-state index is 11.2. The molecule has 0 amide bonds. The molecular weight excluding hydrogens is 324 g/mol. The third-order valence-electron chi connectivity index (χ3n) is 3.66. The lowest BCUT2D eigenvalue weighted by Crippen LogP contribution is -2.61. The highest BCUT2D eigenvalue weighted by Crippen LogP contribution is 2.26. The third-order valence-corrected chi connectivity index (χ3v) is 3.66. The van der Waals surface area contributed by atoms with Gasteiger partial charge in [-0.2, -0.15) is 0 Å². The van der Waals surface area contributed by atoms with Crippen LogP contribution in [0.2, 0.25) is 0 Å². The Kier molecular flexibility index (Phi) is 4.24. The van der Waals surface area contributed by atoms with Crippen molar-refractivity contribution in [3.05, 3.63) is 40.8 Å². The van der Waals surface area contributed by atoms with Gasteiger partial charge in [0.1, 0.15) is 29.6 Å². The third kappa shape index (κ3) is 2.97. The average Bonchev–Trinajstić information content (AvgIpc) is 2.54. The molecule has 1 aromatic heterocycles. The summed E-state index contributed by atoms with van der Waals surface area (Å²) in [5.41, 5.74) is -0.334. The molecule has 0 aliphatic carbocycles. The van der Waals surface area contributed by atoms with E-state index in [-0.39, 0.29) is 11.3 Å². The monoisotopic (exact) mass is 338 g/mol. The number of rotatable bonds is 3. The van der Waals surface area contributed by atoms with Crippen LogP contribution in [0.25, 0.3) is 11.0 Å². The largest absolute Gasteiger partial charge is 0.479 e. The topological polar surface area (TPSA) is 147 Å². The number of carboxylic acid groups (broad SMARTS) is 1. The Labute approximate surface area is 134 Å². The van der Waals surface area contributed by atoms with E-state index in [9.17, 15) is 24.9 Å². The molecule has 1 aliphatic heterocycles. The Morgan fingerprint density at radius 1 is 1.04 bits per heavy atom. The highest BCUT2D eigenvalue weighted by molar-refractivity contribution is 5.77. The van der Waals surface area contributed by atoms with Gasteiger partial charge in [0.2, 0.25) is 6.29 Å². The van der Waals surface area contributed by atoms with Gasteiger partial charge in [0.25, 0.3) is 0 Å². The van der Waals surface area contributed by atoms with Crippen molar-refractivity contribution < 1.29 is 39.1 Å². The maximum atomic E-state index is 11.2. The zero-order valence-corrected chi connectivity index (χ0v) is 12.1. The first-order valence-corrected chi connectivity index (χ1v) is 7.00. The molecule has 128 valence electrons. The molecule has 0 bridgehead atoms. The first-order chi connectivity index (χ1) is 11.4. The molecular formula is C15H14O9. The number of hydrogen-bond donors (Lipinski definition) is 4. The molecule has 1 fully saturated rings. The van der Waals surface area contributed by atoms with E-state index in [1.165, 1.54) is 18.2 Å². The Morgan fingerprint density at radius 3 is 2.46 bits per heavy atom. The molecule has 24 heavy (non-hydrogen) atoms. The Morgan fingerprint density at radius 2 is 1.75 bits per heavy atom. The van der Waals surface area contributed by atoms with Crippen LogP contribution in [0.1, 0.15) is 0 Å². The number of carbonyl (C=O) groups is 1. The van der Waals surface area contributed by atoms with Crippen molar-refractivity contribution in [1.82, 2.24) is 0 Å². The van der Waals surface area contributed by atoms with Crippen molar-refractivity contribution in [2.45, 2.75) is 30.7 Å². The number of aliphatic hydroxyl groups is 3. The molecule has 9 nitrogen and oxygen atoms in total. The van der Waals surface area contributed by atoms with Crippen LogP contribution in [0.4, 0.5) is 0 Å². The van der Waals surface area contributed by atoms with Gasteiger partial charge in [-0.3, -0.25) is 0 Å². The SMILES string of the molecule is O=C(O)[C@H]1O[C@H](Oc2ccc3ccc(=O)oc3c2)[C@H](O)[C@@H](O)[C@@H]1O. The quantitative estimate of drug-likeness (QED) is 0.521. The van der Waals surface area contributed by atoms with Gasteiger partial charge in [-0.1, -0.05) is 0 Å². The van der Waals surface area contributed by atoms with Crippen molar-refractivity contribution in [3.8, 4) is 5.75 Å². The summed E-state index contributed by atoms with van der Waals surface area (Å²) in [6.07, 6.45) is -8.52. The lowest BCUT2D eigenvalue weighted by molar-refractivity contribution is -0.271. The fraction of sp³-hybridized carbons (Fsp3) is 0.333. The van der Waals surface area contributed by atoms with Gasteiger partial charge in [0.15, 0.2) is 6.10 Å². The van der Waals surface area contributed by atoms with Crippen LogP contribution in [-0.2, 0) is 9.53 Å².